The average Bonchev–Trinajstić information content (AvgIpc) is 2.97. The molecule has 23 heavy (non-hydrogen) atoms. The second-order valence-corrected chi connectivity index (χ2v) is 7.12. The van der Waals surface area contributed by atoms with Gasteiger partial charge in [-0.25, -0.2) is 0 Å². The molecule has 0 amide bonds. The SMILES string of the molecule is CCCCCCCCCCCCC(O)CN1CCC[C@@H]1C(=O)O. The zero-order valence-electron chi connectivity index (χ0n) is 15.0. The predicted octanol–water partition coefficient (Wildman–Crippen LogP) is 4.21. The summed E-state index contributed by atoms with van der Waals surface area (Å²) in [5, 5.41) is 19.2. The first-order valence-corrected chi connectivity index (χ1v) is 9.80. The molecule has 1 fully saturated rings. The van der Waals surface area contributed by atoms with Gasteiger partial charge in [0.25, 0.3) is 0 Å². The lowest BCUT2D eigenvalue weighted by molar-refractivity contribution is -0.142. The largest absolute Gasteiger partial charge is 0.480 e. The van der Waals surface area contributed by atoms with Crippen molar-refractivity contribution in [2.75, 3.05) is 13.1 Å². The highest BCUT2D eigenvalue weighted by Gasteiger charge is 2.31. The fourth-order valence-corrected chi connectivity index (χ4v) is 3.55. The van der Waals surface area contributed by atoms with E-state index in [0.29, 0.717) is 6.54 Å². The minimum Gasteiger partial charge on any atom is -0.480 e. The zero-order chi connectivity index (χ0) is 16.9. The van der Waals surface area contributed by atoms with Gasteiger partial charge in [-0.1, -0.05) is 71.1 Å². The number of aliphatic hydroxyl groups is 1. The molecule has 0 saturated carbocycles. The number of nitrogens with zero attached hydrogens (tertiary/aromatic N) is 1. The molecule has 0 spiro atoms. The van der Waals surface area contributed by atoms with Crippen LogP contribution >= 0.6 is 0 Å². The van der Waals surface area contributed by atoms with Crippen molar-refractivity contribution in [2.45, 2.75) is 103 Å². The lowest BCUT2D eigenvalue weighted by Crippen LogP contribution is -2.40. The molecular weight excluding hydrogens is 290 g/mol. The van der Waals surface area contributed by atoms with Gasteiger partial charge in [-0.15, -0.1) is 0 Å². The molecule has 4 heteroatoms. The number of hydrogen-bond donors (Lipinski definition) is 2. The Bertz CT molecular complexity index is 309. The smallest absolute Gasteiger partial charge is 0.320 e. The second-order valence-electron chi connectivity index (χ2n) is 7.12. The highest BCUT2D eigenvalue weighted by molar-refractivity contribution is 5.73. The van der Waals surface area contributed by atoms with Crippen LogP contribution in [-0.2, 0) is 4.79 Å². The van der Waals surface area contributed by atoms with Gasteiger partial charge in [-0.05, 0) is 25.8 Å². The third-order valence-electron chi connectivity index (χ3n) is 4.98. The zero-order valence-corrected chi connectivity index (χ0v) is 15.0. The Morgan fingerprint density at radius 3 is 2.17 bits per heavy atom. The third kappa shape index (κ3) is 9.31. The number of carbonyl (C=O) groups is 1. The Kier molecular flexibility index (Phi) is 11.3. The summed E-state index contributed by atoms with van der Waals surface area (Å²) in [5.41, 5.74) is 0. The number of aliphatic carboxylic acids is 1. The van der Waals surface area contributed by atoms with E-state index in [-0.39, 0.29) is 12.1 Å². The summed E-state index contributed by atoms with van der Waals surface area (Å²) in [6.45, 7) is 3.58. The van der Waals surface area contributed by atoms with Crippen LogP contribution in [-0.4, -0.2) is 46.3 Å². The molecule has 1 aliphatic rings. The summed E-state index contributed by atoms with van der Waals surface area (Å²) in [6.07, 6.45) is 15.1. The maximum absolute atomic E-state index is 11.1. The monoisotopic (exact) mass is 327 g/mol. The van der Waals surface area contributed by atoms with Crippen molar-refractivity contribution in [1.82, 2.24) is 4.90 Å². The predicted molar refractivity (Wildman–Crippen MR) is 94.7 cm³/mol. The molecule has 0 aromatic rings. The molecular formula is C19H37NO3. The first-order valence-electron chi connectivity index (χ1n) is 9.80. The Labute approximate surface area is 142 Å². The van der Waals surface area contributed by atoms with Crippen molar-refractivity contribution in [2.24, 2.45) is 0 Å². The number of rotatable bonds is 14. The molecule has 1 heterocycles. The Morgan fingerprint density at radius 1 is 1.04 bits per heavy atom. The van der Waals surface area contributed by atoms with Crippen LogP contribution in [0.25, 0.3) is 0 Å². The molecule has 1 rings (SSSR count). The van der Waals surface area contributed by atoms with E-state index in [1.807, 2.05) is 4.90 Å². The molecule has 2 N–H and O–H groups in total. The first kappa shape index (κ1) is 20.4. The van der Waals surface area contributed by atoms with Crippen molar-refractivity contribution in [3.8, 4) is 0 Å². The summed E-state index contributed by atoms with van der Waals surface area (Å²) < 4.78 is 0. The molecule has 1 saturated heterocycles. The number of likely N-dealkylation sites (tertiary alicyclic amines) is 1. The van der Waals surface area contributed by atoms with Crippen LogP contribution in [0.2, 0.25) is 0 Å². The molecule has 0 radical (unpaired) electrons. The molecule has 0 aromatic heterocycles. The van der Waals surface area contributed by atoms with Crippen LogP contribution in [0, 0.1) is 0 Å². The van der Waals surface area contributed by atoms with E-state index < -0.39 is 5.97 Å². The van der Waals surface area contributed by atoms with Crippen molar-refractivity contribution in [1.29, 1.82) is 0 Å². The van der Waals surface area contributed by atoms with E-state index in [4.69, 9.17) is 5.11 Å². The molecule has 0 aromatic carbocycles. The summed E-state index contributed by atoms with van der Waals surface area (Å²) in [4.78, 5) is 13.0. The van der Waals surface area contributed by atoms with Crippen LogP contribution in [0.3, 0.4) is 0 Å². The van der Waals surface area contributed by atoms with Gasteiger partial charge in [0, 0.05) is 6.54 Å². The number of hydrogen-bond acceptors (Lipinski definition) is 3. The Balaban J connectivity index is 1.94. The number of carboxylic acids is 1. The van der Waals surface area contributed by atoms with Crippen molar-refractivity contribution in [3.63, 3.8) is 0 Å². The Morgan fingerprint density at radius 2 is 1.61 bits per heavy atom. The first-order chi connectivity index (χ1) is 11.1. The van der Waals surface area contributed by atoms with E-state index in [1.165, 1.54) is 57.8 Å². The summed E-state index contributed by atoms with van der Waals surface area (Å²) in [7, 11) is 0. The standard InChI is InChI=1S/C19H37NO3/c1-2-3-4-5-6-7-8-9-10-11-13-17(21)16-20-15-12-14-18(20)19(22)23/h17-18,21H,2-16H2,1H3,(H,22,23)/t17?,18-/m1/s1. The maximum atomic E-state index is 11.1. The van der Waals surface area contributed by atoms with E-state index in [0.717, 1.165) is 32.2 Å². The number of unbranched alkanes of at least 4 members (excludes halogenated alkanes) is 9. The molecule has 4 nitrogen and oxygen atoms in total. The molecule has 2 atom stereocenters. The van der Waals surface area contributed by atoms with Gasteiger partial charge < -0.3 is 10.2 Å². The quantitative estimate of drug-likeness (QED) is 0.469. The summed E-state index contributed by atoms with van der Waals surface area (Å²) in [5.74, 6) is -0.742. The third-order valence-corrected chi connectivity index (χ3v) is 4.98. The number of carboxylic acid groups (broad SMARTS) is 1. The van der Waals surface area contributed by atoms with Crippen molar-refractivity contribution >= 4 is 5.97 Å². The van der Waals surface area contributed by atoms with Gasteiger partial charge in [0.05, 0.1) is 6.10 Å². The fraction of sp³-hybridized carbons (Fsp3) is 0.947. The lowest BCUT2D eigenvalue weighted by atomic mass is 10.0. The molecule has 0 bridgehead atoms. The Hall–Kier alpha value is -0.610. The highest BCUT2D eigenvalue weighted by Crippen LogP contribution is 2.19. The van der Waals surface area contributed by atoms with E-state index >= 15 is 0 Å². The average molecular weight is 328 g/mol. The van der Waals surface area contributed by atoms with Gasteiger partial charge in [0.2, 0.25) is 0 Å². The van der Waals surface area contributed by atoms with Crippen LogP contribution in [0.4, 0.5) is 0 Å². The van der Waals surface area contributed by atoms with E-state index in [2.05, 4.69) is 6.92 Å². The van der Waals surface area contributed by atoms with Crippen molar-refractivity contribution in [3.05, 3.63) is 0 Å². The second kappa shape index (κ2) is 12.8. The van der Waals surface area contributed by atoms with E-state index in [9.17, 15) is 9.90 Å². The summed E-state index contributed by atoms with van der Waals surface area (Å²) >= 11 is 0. The molecule has 1 unspecified atom stereocenters. The van der Waals surface area contributed by atoms with E-state index in [1.54, 1.807) is 0 Å². The fourth-order valence-electron chi connectivity index (χ4n) is 3.55. The molecule has 0 aliphatic carbocycles. The van der Waals surface area contributed by atoms with Gasteiger partial charge in [-0.2, -0.15) is 0 Å². The van der Waals surface area contributed by atoms with Crippen LogP contribution in [0.15, 0.2) is 0 Å². The molecule has 136 valence electrons. The van der Waals surface area contributed by atoms with Gasteiger partial charge in [-0.3, -0.25) is 9.69 Å². The van der Waals surface area contributed by atoms with Gasteiger partial charge >= 0.3 is 5.97 Å². The van der Waals surface area contributed by atoms with Gasteiger partial charge in [0.15, 0.2) is 0 Å². The normalized spacial score (nSPS) is 20.0. The number of aliphatic hydroxyl groups excluding tert-OH is 1. The van der Waals surface area contributed by atoms with Gasteiger partial charge in [0.1, 0.15) is 6.04 Å². The van der Waals surface area contributed by atoms with Crippen molar-refractivity contribution < 1.29 is 15.0 Å². The minimum atomic E-state index is -0.742. The maximum Gasteiger partial charge on any atom is 0.320 e. The minimum absolute atomic E-state index is 0.371. The molecule has 1 aliphatic heterocycles. The van der Waals surface area contributed by atoms with Crippen LogP contribution < -0.4 is 0 Å². The number of β-amino-alcohol motifs (C(OH)–C–C–N with tert-alkyl or cyclic N) is 1. The topological polar surface area (TPSA) is 60.8 Å². The van der Waals surface area contributed by atoms with Crippen LogP contribution in [0.1, 0.15) is 90.4 Å². The lowest BCUT2D eigenvalue weighted by Gasteiger charge is -2.23. The van der Waals surface area contributed by atoms with Crippen LogP contribution in [0.5, 0.6) is 0 Å². The summed E-state index contributed by atoms with van der Waals surface area (Å²) in [6, 6.07) is -0.377. The highest BCUT2D eigenvalue weighted by atomic mass is 16.4.